The van der Waals surface area contributed by atoms with Crippen LogP contribution in [0.1, 0.15) is 43.4 Å². The van der Waals surface area contributed by atoms with Crippen molar-refractivity contribution in [3.8, 4) is 0 Å². The summed E-state index contributed by atoms with van der Waals surface area (Å²) in [6.07, 6.45) is 3.77. The van der Waals surface area contributed by atoms with Gasteiger partial charge in [0, 0.05) is 13.1 Å². The molecule has 0 spiro atoms. The van der Waals surface area contributed by atoms with Crippen molar-refractivity contribution < 1.29 is 14.7 Å². The second kappa shape index (κ2) is 7.11. The number of carboxylic acid groups (broad SMARTS) is 1. The summed E-state index contributed by atoms with van der Waals surface area (Å²) < 4.78 is 0. The van der Waals surface area contributed by atoms with Crippen LogP contribution in [0.15, 0.2) is 24.3 Å². The molecule has 1 aromatic rings. The molecule has 114 valence electrons. The zero-order valence-corrected chi connectivity index (χ0v) is 12.3. The van der Waals surface area contributed by atoms with Crippen molar-refractivity contribution >= 4 is 12.0 Å². The van der Waals surface area contributed by atoms with E-state index in [-0.39, 0.29) is 6.03 Å². The van der Waals surface area contributed by atoms with E-state index in [0.717, 1.165) is 30.4 Å². The van der Waals surface area contributed by atoms with Gasteiger partial charge in [-0.1, -0.05) is 44.0 Å². The molecule has 1 aliphatic rings. The first kappa shape index (κ1) is 15.4. The number of nitrogens with one attached hydrogen (secondary N) is 1. The van der Waals surface area contributed by atoms with Crippen LogP contribution in [-0.2, 0) is 11.2 Å². The van der Waals surface area contributed by atoms with Crippen molar-refractivity contribution in [2.24, 2.45) is 0 Å². The lowest BCUT2D eigenvalue weighted by atomic mass is 9.93. The summed E-state index contributed by atoms with van der Waals surface area (Å²) in [6.45, 7) is 3.13. The molecule has 0 saturated carbocycles. The number of carboxylic acids is 1. The number of hydrogen-bond acceptors (Lipinski definition) is 2. The maximum absolute atomic E-state index is 12.2. The Morgan fingerprint density at radius 2 is 2.10 bits per heavy atom. The molecule has 2 N–H and O–H groups in total. The SMILES string of the molecule is CCCCCNC(=O)N1CCc2ccccc2C1C(=O)O. The van der Waals surface area contributed by atoms with Crippen molar-refractivity contribution in [3.63, 3.8) is 0 Å². The fourth-order valence-electron chi connectivity index (χ4n) is 2.72. The highest BCUT2D eigenvalue weighted by Crippen LogP contribution is 2.29. The molecular formula is C16H22N2O3. The van der Waals surface area contributed by atoms with Crippen LogP contribution in [0.2, 0.25) is 0 Å². The Morgan fingerprint density at radius 3 is 2.81 bits per heavy atom. The predicted octanol–water partition coefficient (Wildman–Crippen LogP) is 2.57. The first-order chi connectivity index (χ1) is 10.1. The number of hydrogen-bond donors (Lipinski definition) is 2. The molecule has 1 aromatic carbocycles. The smallest absolute Gasteiger partial charge is 0.331 e. The Balaban J connectivity index is 2.09. The zero-order valence-electron chi connectivity index (χ0n) is 12.3. The van der Waals surface area contributed by atoms with E-state index in [1.54, 1.807) is 6.07 Å². The maximum atomic E-state index is 12.2. The zero-order chi connectivity index (χ0) is 15.2. The Kier molecular flexibility index (Phi) is 5.20. The monoisotopic (exact) mass is 290 g/mol. The highest BCUT2D eigenvalue weighted by molar-refractivity contribution is 5.84. The Bertz CT molecular complexity index is 516. The Labute approximate surface area is 125 Å². The van der Waals surface area contributed by atoms with Gasteiger partial charge in [-0.2, -0.15) is 0 Å². The third-order valence-electron chi connectivity index (χ3n) is 3.83. The van der Waals surface area contributed by atoms with E-state index in [1.807, 2.05) is 18.2 Å². The van der Waals surface area contributed by atoms with E-state index < -0.39 is 12.0 Å². The van der Waals surface area contributed by atoms with Crippen LogP contribution in [0.3, 0.4) is 0 Å². The number of benzene rings is 1. The second-order valence-electron chi connectivity index (χ2n) is 5.32. The first-order valence-corrected chi connectivity index (χ1v) is 7.50. The lowest BCUT2D eigenvalue weighted by Crippen LogP contribution is -2.48. The van der Waals surface area contributed by atoms with E-state index in [1.165, 1.54) is 4.90 Å². The van der Waals surface area contributed by atoms with Crippen molar-refractivity contribution in [1.29, 1.82) is 0 Å². The fraction of sp³-hybridized carbons (Fsp3) is 0.500. The molecule has 1 heterocycles. The van der Waals surface area contributed by atoms with Gasteiger partial charge >= 0.3 is 12.0 Å². The average molecular weight is 290 g/mol. The number of fused-ring (bicyclic) bond motifs is 1. The molecule has 0 aromatic heterocycles. The van der Waals surface area contributed by atoms with Crippen LogP contribution in [0, 0.1) is 0 Å². The molecule has 5 heteroatoms. The topological polar surface area (TPSA) is 69.6 Å². The summed E-state index contributed by atoms with van der Waals surface area (Å²) in [5.74, 6) is -0.981. The summed E-state index contributed by atoms with van der Waals surface area (Å²) in [5.41, 5.74) is 1.74. The normalized spacial score (nSPS) is 17.2. The van der Waals surface area contributed by atoms with Gasteiger partial charge in [0.25, 0.3) is 0 Å². The van der Waals surface area contributed by atoms with Crippen molar-refractivity contribution in [2.75, 3.05) is 13.1 Å². The summed E-state index contributed by atoms with van der Waals surface area (Å²) >= 11 is 0. The third-order valence-corrected chi connectivity index (χ3v) is 3.83. The quantitative estimate of drug-likeness (QED) is 0.819. The largest absolute Gasteiger partial charge is 0.479 e. The van der Waals surface area contributed by atoms with Crippen molar-refractivity contribution in [2.45, 2.75) is 38.6 Å². The summed E-state index contributed by atoms with van der Waals surface area (Å²) in [4.78, 5) is 25.3. The number of nitrogens with zero attached hydrogens (tertiary/aromatic N) is 1. The van der Waals surface area contributed by atoms with Crippen LogP contribution in [0.5, 0.6) is 0 Å². The molecule has 0 radical (unpaired) electrons. The predicted molar refractivity (Wildman–Crippen MR) is 80.2 cm³/mol. The molecule has 0 fully saturated rings. The van der Waals surface area contributed by atoms with Gasteiger partial charge in [-0.3, -0.25) is 0 Å². The summed E-state index contributed by atoms with van der Waals surface area (Å²) in [6, 6.07) is 6.27. The van der Waals surface area contributed by atoms with Crippen LogP contribution >= 0.6 is 0 Å². The number of rotatable bonds is 5. The number of aliphatic carboxylic acids is 1. The van der Waals surface area contributed by atoms with Crippen LogP contribution in [0.25, 0.3) is 0 Å². The molecule has 5 nitrogen and oxygen atoms in total. The molecular weight excluding hydrogens is 268 g/mol. The number of carbonyl (C=O) groups is 2. The summed E-state index contributed by atoms with van der Waals surface area (Å²) in [7, 11) is 0. The van der Waals surface area contributed by atoms with E-state index in [2.05, 4.69) is 12.2 Å². The van der Waals surface area contributed by atoms with Crippen LogP contribution < -0.4 is 5.32 Å². The van der Waals surface area contributed by atoms with Gasteiger partial charge in [-0.25, -0.2) is 9.59 Å². The van der Waals surface area contributed by atoms with Gasteiger partial charge < -0.3 is 15.3 Å². The maximum Gasteiger partial charge on any atom is 0.331 e. The fourth-order valence-corrected chi connectivity index (χ4v) is 2.72. The number of amides is 2. The van der Waals surface area contributed by atoms with Gasteiger partial charge in [0.2, 0.25) is 0 Å². The number of unbranched alkanes of at least 4 members (excludes halogenated alkanes) is 2. The van der Waals surface area contributed by atoms with Crippen molar-refractivity contribution in [1.82, 2.24) is 10.2 Å². The third kappa shape index (κ3) is 3.54. The molecule has 2 amide bonds. The lowest BCUT2D eigenvalue weighted by molar-refractivity contribution is -0.142. The van der Waals surface area contributed by atoms with E-state index in [0.29, 0.717) is 19.5 Å². The van der Waals surface area contributed by atoms with Crippen LogP contribution in [0.4, 0.5) is 4.79 Å². The van der Waals surface area contributed by atoms with Gasteiger partial charge in [0.1, 0.15) is 0 Å². The van der Waals surface area contributed by atoms with E-state index >= 15 is 0 Å². The van der Waals surface area contributed by atoms with Crippen molar-refractivity contribution in [3.05, 3.63) is 35.4 Å². The van der Waals surface area contributed by atoms with Gasteiger partial charge in [-0.15, -0.1) is 0 Å². The number of urea groups is 1. The summed E-state index contributed by atoms with van der Waals surface area (Å²) in [5, 5.41) is 12.3. The first-order valence-electron chi connectivity index (χ1n) is 7.50. The molecule has 1 unspecified atom stereocenters. The molecule has 2 rings (SSSR count). The molecule has 0 bridgehead atoms. The molecule has 1 aliphatic heterocycles. The minimum atomic E-state index is -0.981. The molecule has 21 heavy (non-hydrogen) atoms. The standard InChI is InChI=1S/C16H22N2O3/c1-2-3-6-10-17-16(21)18-11-9-12-7-4-5-8-13(12)14(18)15(19)20/h4-5,7-8,14H,2-3,6,9-11H2,1H3,(H,17,21)(H,19,20). The number of carbonyl (C=O) groups excluding carboxylic acids is 1. The lowest BCUT2D eigenvalue weighted by Gasteiger charge is -2.34. The van der Waals surface area contributed by atoms with Gasteiger partial charge in [0.15, 0.2) is 6.04 Å². The second-order valence-corrected chi connectivity index (χ2v) is 5.32. The molecule has 0 aliphatic carbocycles. The Hall–Kier alpha value is -2.04. The molecule has 1 atom stereocenters. The minimum absolute atomic E-state index is 0.284. The van der Waals surface area contributed by atoms with E-state index in [4.69, 9.17) is 0 Å². The minimum Gasteiger partial charge on any atom is -0.479 e. The molecule has 0 saturated heterocycles. The van der Waals surface area contributed by atoms with Gasteiger partial charge in [0.05, 0.1) is 0 Å². The highest BCUT2D eigenvalue weighted by atomic mass is 16.4. The van der Waals surface area contributed by atoms with E-state index in [9.17, 15) is 14.7 Å². The highest BCUT2D eigenvalue weighted by Gasteiger charge is 2.35. The Morgan fingerprint density at radius 1 is 1.33 bits per heavy atom. The average Bonchev–Trinajstić information content (AvgIpc) is 2.50. The van der Waals surface area contributed by atoms with Crippen LogP contribution in [-0.4, -0.2) is 35.1 Å². The van der Waals surface area contributed by atoms with Gasteiger partial charge in [-0.05, 0) is 24.0 Å².